The topological polar surface area (TPSA) is 86.7 Å². The van der Waals surface area contributed by atoms with Gasteiger partial charge >= 0.3 is 0 Å². The molecule has 2 aliphatic rings. The average molecular weight is 444 g/mol. The summed E-state index contributed by atoms with van der Waals surface area (Å²) in [4.78, 5) is 25.5. The summed E-state index contributed by atoms with van der Waals surface area (Å²) in [7, 11) is -3.55. The molecule has 31 heavy (non-hydrogen) atoms. The van der Waals surface area contributed by atoms with Crippen LogP contribution in [-0.2, 0) is 10.0 Å². The molecule has 9 heteroatoms. The van der Waals surface area contributed by atoms with E-state index in [1.165, 1.54) is 0 Å². The number of amides is 1. The largest absolute Gasteiger partial charge is 0.337 e. The standard InChI is InChI=1S/C22H29N5O3S/c1-17-14-18(2)16-27(15-17)31(29,30)20-6-4-19(5-7-20)21(28)25-10-12-26(13-11-25)22-23-8-3-9-24-22/h3-9,17-18H,10-16H2,1-2H3/t17-,18-/m0/s1. The van der Waals surface area contributed by atoms with Crippen molar-refractivity contribution in [3.63, 3.8) is 0 Å². The highest BCUT2D eigenvalue weighted by Gasteiger charge is 2.32. The van der Waals surface area contributed by atoms with Gasteiger partial charge < -0.3 is 9.80 Å². The Labute approximate surface area is 183 Å². The molecule has 2 atom stereocenters. The summed E-state index contributed by atoms with van der Waals surface area (Å²) in [6.07, 6.45) is 4.46. The van der Waals surface area contributed by atoms with Crippen LogP contribution >= 0.6 is 0 Å². The Morgan fingerprint density at radius 1 is 0.935 bits per heavy atom. The van der Waals surface area contributed by atoms with Gasteiger partial charge in [-0.3, -0.25) is 4.79 Å². The van der Waals surface area contributed by atoms with Crippen LogP contribution in [0.4, 0.5) is 5.95 Å². The van der Waals surface area contributed by atoms with Gasteiger partial charge in [-0.15, -0.1) is 0 Å². The Morgan fingerprint density at radius 2 is 1.52 bits per heavy atom. The lowest BCUT2D eigenvalue weighted by molar-refractivity contribution is 0.0746. The molecule has 3 heterocycles. The minimum absolute atomic E-state index is 0.0854. The van der Waals surface area contributed by atoms with E-state index in [1.54, 1.807) is 51.9 Å². The van der Waals surface area contributed by atoms with E-state index < -0.39 is 10.0 Å². The molecule has 2 fully saturated rings. The summed E-state index contributed by atoms with van der Waals surface area (Å²) in [6.45, 7) is 7.72. The van der Waals surface area contributed by atoms with Gasteiger partial charge in [0.2, 0.25) is 16.0 Å². The molecule has 2 aromatic rings. The van der Waals surface area contributed by atoms with Crippen LogP contribution < -0.4 is 4.90 Å². The molecule has 166 valence electrons. The van der Waals surface area contributed by atoms with Crippen LogP contribution in [-0.4, -0.2) is 72.8 Å². The van der Waals surface area contributed by atoms with Crippen molar-refractivity contribution in [2.45, 2.75) is 25.2 Å². The van der Waals surface area contributed by atoms with Gasteiger partial charge in [-0.05, 0) is 48.6 Å². The number of piperidine rings is 1. The molecular formula is C22H29N5O3S. The zero-order chi connectivity index (χ0) is 22.0. The number of anilines is 1. The zero-order valence-corrected chi connectivity index (χ0v) is 18.8. The van der Waals surface area contributed by atoms with Crippen molar-refractivity contribution in [3.8, 4) is 0 Å². The fraction of sp³-hybridized carbons (Fsp3) is 0.500. The number of benzene rings is 1. The number of piperazine rings is 1. The molecule has 0 aliphatic carbocycles. The second-order valence-corrected chi connectivity index (χ2v) is 10.6. The molecule has 8 nitrogen and oxygen atoms in total. The number of rotatable bonds is 4. The highest BCUT2D eigenvalue weighted by molar-refractivity contribution is 7.89. The van der Waals surface area contributed by atoms with E-state index in [0.29, 0.717) is 62.6 Å². The van der Waals surface area contributed by atoms with Gasteiger partial charge in [-0.2, -0.15) is 4.31 Å². The summed E-state index contributed by atoms with van der Waals surface area (Å²) in [5.41, 5.74) is 0.503. The van der Waals surface area contributed by atoms with Crippen molar-refractivity contribution in [2.75, 3.05) is 44.2 Å². The van der Waals surface area contributed by atoms with Crippen molar-refractivity contribution < 1.29 is 13.2 Å². The Balaban J connectivity index is 1.41. The maximum Gasteiger partial charge on any atom is 0.253 e. The van der Waals surface area contributed by atoms with Gasteiger partial charge in [0.15, 0.2) is 0 Å². The lowest BCUT2D eigenvalue weighted by Gasteiger charge is -2.35. The van der Waals surface area contributed by atoms with Gasteiger partial charge in [0.1, 0.15) is 0 Å². The van der Waals surface area contributed by atoms with Gasteiger partial charge in [0.25, 0.3) is 5.91 Å². The summed E-state index contributed by atoms with van der Waals surface area (Å²) in [5.74, 6) is 1.28. The molecule has 0 saturated carbocycles. The van der Waals surface area contributed by atoms with Gasteiger partial charge in [-0.25, -0.2) is 18.4 Å². The summed E-state index contributed by atoms with van der Waals surface area (Å²) in [6, 6.07) is 8.14. The number of hydrogen-bond donors (Lipinski definition) is 0. The van der Waals surface area contributed by atoms with E-state index in [4.69, 9.17) is 0 Å². The first-order chi connectivity index (χ1) is 14.8. The number of carbonyl (C=O) groups is 1. The first-order valence-corrected chi connectivity index (χ1v) is 12.2. The first-order valence-electron chi connectivity index (χ1n) is 10.8. The van der Waals surface area contributed by atoms with E-state index in [1.807, 2.05) is 0 Å². The van der Waals surface area contributed by atoms with Crippen molar-refractivity contribution in [2.24, 2.45) is 11.8 Å². The fourth-order valence-electron chi connectivity index (χ4n) is 4.47. The Morgan fingerprint density at radius 3 is 2.10 bits per heavy atom. The van der Waals surface area contributed by atoms with Crippen LogP contribution in [0.15, 0.2) is 47.6 Å². The Kier molecular flexibility index (Phi) is 6.24. The molecule has 0 spiro atoms. The SMILES string of the molecule is C[C@H]1C[C@H](C)CN(S(=O)(=O)c2ccc(C(=O)N3CCN(c4ncccn4)CC3)cc2)C1. The highest BCUT2D eigenvalue weighted by Crippen LogP contribution is 2.27. The van der Waals surface area contributed by atoms with Crippen LogP contribution in [0, 0.1) is 11.8 Å². The van der Waals surface area contributed by atoms with Crippen molar-refractivity contribution in [3.05, 3.63) is 48.3 Å². The second kappa shape index (κ2) is 8.92. The molecule has 1 aromatic carbocycles. The predicted molar refractivity (Wildman–Crippen MR) is 118 cm³/mol. The van der Waals surface area contributed by atoms with Crippen LogP contribution in [0.2, 0.25) is 0 Å². The molecule has 1 amide bonds. The quantitative estimate of drug-likeness (QED) is 0.719. The lowest BCUT2D eigenvalue weighted by Crippen LogP contribution is -2.49. The summed E-state index contributed by atoms with van der Waals surface area (Å²) < 4.78 is 27.7. The maximum absolute atomic E-state index is 13.0. The molecule has 2 saturated heterocycles. The fourth-order valence-corrected chi connectivity index (χ4v) is 6.15. The molecule has 1 aromatic heterocycles. The van der Waals surface area contributed by atoms with Crippen molar-refractivity contribution in [1.82, 2.24) is 19.2 Å². The van der Waals surface area contributed by atoms with E-state index in [0.717, 1.165) is 6.42 Å². The van der Waals surface area contributed by atoms with Crippen LogP contribution in [0.5, 0.6) is 0 Å². The highest BCUT2D eigenvalue weighted by atomic mass is 32.2. The maximum atomic E-state index is 13.0. The molecule has 0 unspecified atom stereocenters. The number of aromatic nitrogens is 2. The third kappa shape index (κ3) is 4.72. The summed E-state index contributed by atoms with van der Waals surface area (Å²) in [5, 5.41) is 0. The summed E-state index contributed by atoms with van der Waals surface area (Å²) >= 11 is 0. The van der Waals surface area contributed by atoms with Gasteiger partial charge in [0.05, 0.1) is 4.90 Å². The number of nitrogens with zero attached hydrogens (tertiary/aromatic N) is 5. The zero-order valence-electron chi connectivity index (χ0n) is 18.0. The number of hydrogen-bond acceptors (Lipinski definition) is 6. The predicted octanol–water partition coefficient (Wildman–Crippen LogP) is 2.11. The van der Waals surface area contributed by atoms with E-state index in [-0.39, 0.29) is 10.8 Å². The van der Waals surface area contributed by atoms with Crippen molar-refractivity contribution in [1.29, 1.82) is 0 Å². The smallest absolute Gasteiger partial charge is 0.253 e. The van der Waals surface area contributed by atoms with Crippen LogP contribution in [0.25, 0.3) is 0 Å². The minimum Gasteiger partial charge on any atom is -0.337 e. The van der Waals surface area contributed by atoms with Gasteiger partial charge in [0, 0.05) is 57.2 Å². The molecular weight excluding hydrogens is 414 g/mol. The van der Waals surface area contributed by atoms with E-state index >= 15 is 0 Å². The molecule has 0 bridgehead atoms. The lowest BCUT2D eigenvalue weighted by atomic mass is 9.94. The molecule has 4 rings (SSSR count). The van der Waals surface area contributed by atoms with Gasteiger partial charge in [-0.1, -0.05) is 13.8 Å². The third-order valence-corrected chi connectivity index (χ3v) is 7.82. The van der Waals surface area contributed by atoms with Crippen LogP contribution in [0.1, 0.15) is 30.6 Å². The van der Waals surface area contributed by atoms with Crippen LogP contribution in [0.3, 0.4) is 0 Å². The molecule has 2 aliphatic heterocycles. The third-order valence-electron chi connectivity index (χ3n) is 5.98. The number of sulfonamides is 1. The normalized spacial score (nSPS) is 23.0. The molecule has 0 radical (unpaired) electrons. The minimum atomic E-state index is -3.55. The van der Waals surface area contributed by atoms with Crippen molar-refractivity contribution >= 4 is 21.9 Å². The molecule has 0 N–H and O–H groups in total. The Hall–Kier alpha value is -2.52. The van der Waals surface area contributed by atoms with E-state index in [2.05, 4.69) is 28.7 Å². The monoisotopic (exact) mass is 443 g/mol. The average Bonchev–Trinajstić information content (AvgIpc) is 2.79. The number of carbonyl (C=O) groups excluding carboxylic acids is 1. The first kappa shape index (κ1) is 21.7. The van der Waals surface area contributed by atoms with E-state index in [9.17, 15) is 13.2 Å². The second-order valence-electron chi connectivity index (χ2n) is 8.62. The Bertz CT molecular complexity index is 995.